The third-order valence-electron chi connectivity index (χ3n) is 2.31. The van der Waals surface area contributed by atoms with Crippen LogP contribution in [-0.2, 0) is 0 Å². The van der Waals surface area contributed by atoms with Crippen LogP contribution in [0.15, 0.2) is 12.1 Å². The third kappa shape index (κ3) is 4.98. The molecular formula is C11H18ClNOS. The number of nitrogens with one attached hydrogen (secondary N) is 1. The number of hydrogen-bond donors (Lipinski definition) is 2. The molecule has 0 bridgehead atoms. The molecule has 1 unspecified atom stereocenters. The van der Waals surface area contributed by atoms with Gasteiger partial charge in [0.05, 0.1) is 4.34 Å². The summed E-state index contributed by atoms with van der Waals surface area (Å²) in [6, 6.07) is 4.38. The van der Waals surface area contributed by atoms with Gasteiger partial charge in [0.25, 0.3) is 0 Å². The van der Waals surface area contributed by atoms with Gasteiger partial charge in [0.2, 0.25) is 0 Å². The lowest BCUT2D eigenvalue weighted by atomic mass is 10.2. The van der Waals surface area contributed by atoms with Gasteiger partial charge in [0.1, 0.15) is 0 Å². The molecule has 0 fully saturated rings. The van der Waals surface area contributed by atoms with Crippen LogP contribution >= 0.6 is 22.9 Å². The van der Waals surface area contributed by atoms with Crippen LogP contribution in [-0.4, -0.2) is 18.3 Å². The molecule has 0 radical (unpaired) electrons. The van der Waals surface area contributed by atoms with E-state index in [1.165, 1.54) is 4.88 Å². The van der Waals surface area contributed by atoms with Crippen molar-refractivity contribution in [3.63, 3.8) is 0 Å². The van der Waals surface area contributed by atoms with Gasteiger partial charge in [-0.05, 0) is 44.9 Å². The van der Waals surface area contributed by atoms with Gasteiger partial charge < -0.3 is 10.4 Å². The van der Waals surface area contributed by atoms with E-state index in [0.29, 0.717) is 12.6 Å². The molecule has 4 heteroatoms. The lowest BCUT2D eigenvalue weighted by molar-refractivity contribution is 0.282. The van der Waals surface area contributed by atoms with Crippen LogP contribution in [0.5, 0.6) is 0 Å². The fraction of sp³-hybridized carbons (Fsp3) is 0.636. The Kier molecular flexibility index (Phi) is 6.25. The summed E-state index contributed by atoms with van der Waals surface area (Å²) in [5.41, 5.74) is 0. The molecule has 0 aliphatic rings. The molecule has 2 nitrogen and oxygen atoms in total. The maximum atomic E-state index is 8.62. The first kappa shape index (κ1) is 13.0. The Morgan fingerprint density at radius 3 is 2.80 bits per heavy atom. The second kappa shape index (κ2) is 7.23. The molecule has 1 aromatic rings. The van der Waals surface area contributed by atoms with Crippen molar-refractivity contribution in [3.8, 4) is 0 Å². The largest absolute Gasteiger partial charge is 0.396 e. The number of halogens is 1. The molecule has 0 spiro atoms. The maximum Gasteiger partial charge on any atom is 0.0931 e. The summed E-state index contributed by atoms with van der Waals surface area (Å²) in [4.78, 5) is 1.28. The predicted molar refractivity (Wildman–Crippen MR) is 66.7 cm³/mol. The highest BCUT2D eigenvalue weighted by Crippen LogP contribution is 2.26. The summed E-state index contributed by atoms with van der Waals surface area (Å²) in [6.45, 7) is 3.45. The highest BCUT2D eigenvalue weighted by Gasteiger charge is 2.06. The number of thiophene rings is 1. The fourth-order valence-electron chi connectivity index (χ4n) is 1.39. The molecule has 1 aromatic heterocycles. The summed E-state index contributed by atoms with van der Waals surface area (Å²) in [5, 5.41) is 12.1. The van der Waals surface area contributed by atoms with Gasteiger partial charge in [-0.25, -0.2) is 0 Å². The number of unbranched alkanes of at least 4 members (excludes halogenated alkanes) is 2. The number of aliphatic hydroxyl groups excluding tert-OH is 1. The Balaban J connectivity index is 2.16. The Morgan fingerprint density at radius 2 is 2.20 bits per heavy atom. The van der Waals surface area contributed by atoms with E-state index in [9.17, 15) is 0 Å². The van der Waals surface area contributed by atoms with Crippen LogP contribution in [0.2, 0.25) is 4.34 Å². The molecule has 0 aromatic carbocycles. The van der Waals surface area contributed by atoms with Crippen molar-refractivity contribution in [2.45, 2.75) is 32.2 Å². The molecule has 15 heavy (non-hydrogen) atoms. The average Bonchev–Trinajstić information content (AvgIpc) is 2.64. The summed E-state index contributed by atoms with van der Waals surface area (Å²) in [7, 11) is 0. The van der Waals surface area contributed by atoms with Gasteiger partial charge in [-0.1, -0.05) is 11.6 Å². The molecule has 1 atom stereocenters. The Labute approximate surface area is 100 Å². The first-order valence-corrected chi connectivity index (χ1v) is 6.53. The summed E-state index contributed by atoms with van der Waals surface area (Å²) in [5.74, 6) is 0. The first-order chi connectivity index (χ1) is 7.24. The molecule has 0 saturated heterocycles. The van der Waals surface area contributed by atoms with Crippen LogP contribution in [0.25, 0.3) is 0 Å². The van der Waals surface area contributed by atoms with E-state index < -0.39 is 0 Å². The van der Waals surface area contributed by atoms with Gasteiger partial charge in [-0.15, -0.1) is 11.3 Å². The van der Waals surface area contributed by atoms with Crippen LogP contribution in [0.4, 0.5) is 0 Å². The normalized spacial score (nSPS) is 13.0. The van der Waals surface area contributed by atoms with Gasteiger partial charge in [-0.2, -0.15) is 0 Å². The molecular weight excluding hydrogens is 230 g/mol. The van der Waals surface area contributed by atoms with Crippen molar-refractivity contribution in [1.82, 2.24) is 5.32 Å². The van der Waals surface area contributed by atoms with Crippen molar-refractivity contribution in [2.75, 3.05) is 13.2 Å². The molecule has 2 N–H and O–H groups in total. The monoisotopic (exact) mass is 247 g/mol. The summed E-state index contributed by atoms with van der Waals surface area (Å²) >= 11 is 7.50. The summed E-state index contributed by atoms with van der Waals surface area (Å²) < 4.78 is 0.846. The van der Waals surface area contributed by atoms with Crippen molar-refractivity contribution < 1.29 is 5.11 Å². The highest BCUT2D eigenvalue weighted by molar-refractivity contribution is 7.16. The molecule has 0 aliphatic carbocycles. The van der Waals surface area contributed by atoms with E-state index >= 15 is 0 Å². The molecule has 1 rings (SSSR count). The molecule has 86 valence electrons. The van der Waals surface area contributed by atoms with Gasteiger partial charge in [-0.3, -0.25) is 0 Å². The number of aliphatic hydroxyl groups is 1. The Morgan fingerprint density at radius 1 is 1.40 bits per heavy atom. The van der Waals surface area contributed by atoms with E-state index in [1.54, 1.807) is 11.3 Å². The quantitative estimate of drug-likeness (QED) is 0.726. The zero-order chi connectivity index (χ0) is 11.1. The van der Waals surface area contributed by atoms with Crippen molar-refractivity contribution >= 4 is 22.9 Å². The van der Waals surface area contributed by atoms with E-state index in [4.69, 9.17) is 16.7 Å². The predicted octanol–water partition coefficient (Wildman–Crippen LogP) is 3.21. The standard InChI is InChI=1S/C11H18ClNOS/c1-9(10-5-6-11(12)15-10)13-7-3-2-4-8-14/h5-6,9,13-14H,2-4,7-8H2,1H3. The maximum absolute atomic E-state index is 8.62. The van der Waals surface area contributed by atoms with Crippen LogP contribution in [0.1, 0.15) is 37.1 Å². The first-order valence-electron chi connectivity index (χ1n) is 5.33. The van der Waals surface area contributed by atoms with Crippen molar-refractivity contribution in [3.05, 3.63) is 21.3 Å². The van der Waals surface area contributed by atoms with Gasteiger partial charge >= 0.3 is 0 Å². The van der Waals surface area contributed by atoms with Gasteiger partial charge in [0, 0.05) is 17.5 Å². The second-order valence-electron chi connectivity index (χ2n) is 3.60. The van der Waals surface area contributed by atoms with Crippen molar-refractivity contribution in [2.24, 2.45) is 0 Å². The molecule has 0 aliphatic heterocycles. The number of rotatable bonds is 7. The van der Waals surface area contributed by atoms with Crippen molar-refractivity contribution in [1.29, 1.82) is 0 Å². The zero-order valence-electron chi connectivity index (χ0n) is 9.00. The Bertz CT molecular complexity index is 277. The van der Waals surface area contributed by atoms with Crippen LogP contribution in [0.3, 0.4) is 0 Å². The third-order valence-corrected chi connectivity index (χ3v) is 3.72. The SMILES string of the molecule is CC(NCCCCCO)c1ccc(Cl)s1. The highest BCUT2D eigenvalue weighted by atomic mass is 35.5. The molecule has 0 saturated carbocycles. The Hall–Kier alpha value is -0.0900. The fourth-order valence-corrected chi connectivity index (χ4v) is 2.48. The second-order valence-corrected chi connectivity index (χ2v) is 5.35. The minimum Gasteiger partial charge on any atom is -0.396 e. The minimum absolute atomic E-state index is 0.302. The zero-order valence-corrected chi connectivity index (χ0v) is 10.6. The minimum atomic E-state index is 0.302. The molecule has 0 amide bonds. The molecule has 1 heterocycles. The average molecular weight is 248 g/mol. The van der Waals surface area contributed by atoms with E-state index in [2.05, 4.69) is 18.3 Å². The van der Waals surface area contributed by atoms with Crippen LogP contribution < -0.4 is 5.32 Å². The van der Waals surface area contributed by atoms with E-state index in [0.717, 1.165) is 30.1 Å². The smallest absolute Gasteiger partial charge is 0.0931 e. The van der Waals surface area contributed by atoms with E-state index in [1.807, 2.05) is 6.07 Å². The lowest BCUT2D eigenvalue weighted by Gasteiger charge is -2.11. The lowest BCUT2D eigenvalue weighted by Crippen LogP contribution is -2.18. The van der Waals surface area contributed by atoms with Crippen LogP contribution in [0, 0.1) is 0 Å². The summed E-state index contributed by atoms with van der Waals surface area (Å²) in [6.07, 6.45) is 3.10. The number of hydrogen-bond acceptors (Lipinski definition) is 3. The van der Waals surface area contributed by atoms with E-state index in [-0.39, 0.29) is 0 Å². The van der Waals surface area contributed by atoms with Gasteiger partial charge in [0.15, 0.2) is 0 Å². The topological polar surface area (TPSA) is 32.3 Å².